The molecule has 0 bridgehead atoms. The van der Waals surface area contributed by atoms with E-state index in [1.54, 1.807) is 18.2 Å². The fourth-order valence-corrected chi connectivity index (χ4v) is 2.87. The second kappa shape index (κ2) is 8.08. The van der Waals surface area contributed by atoms with Gasteiger partial charge < -0.3 is 10.1 Å². The first kappa shape index (κ1) is 16.7. The quantitative estimate of drug-likeness (QED) is 0.874. The summed E-state index contributed by atoms with van der Waals surface area (Å²) < 4.78 is 29.1. The van der Waals surface area contributed by atoms with E-state index < -0.39 is 6.61 Å². The fraction of sp³-hybridized carbons (Fsp3) is 0.562. The first-order chi connectivity index (χ1) is 10.6. The van der Waals surface area contributed by atoms with Crippen molar-refractivity contribution in [2.24, 2.45) is 0 Å². The van der Waals surface area contributed by atoms with Crippen molar-refractivity contribution in [3.63, 3.8) is 0 Å². The molecule has 1 aliphatic rings. The number of halogens is 2. The summed E-state index contributed by atoms with van der Waals surface area (Å²) in [6.07, 6.45) is 4.41. The molecule has 2 rings (SSSR count). The van der Waals surface area contributed by atoms with E-state index >= 15 is 0 Å². The Hall–Kier alpha value is -1.69. The number of alkyl halides is 2. The fourth-order valence-electron chi connectivity index (χ4n) is 2.87. The summed E-state index contributed by atoms with van der Waals surface area (Å²) in [6.45, 7) is 0.388. The van der Waals surface area contributed by atoms with Gasteiger partial charge in [-0.3, -0.25) is 9.69 Å². The largest absolute Gasteiger partial charge is 0.433 e. The number of benzene rings is 1. The summed E-state index contributed by atoms with van der Waals surface area (Å²) >= 11 is 0. The molecule has 0 spiro atoms. The first-order valence-corrected chi connectivity index (χ1v) is 7.68. The van der Waals surface area contributed by atoms with Crippen LogP contribution in [-0.2, 0) is 4.79 Å². The second-order valence-corrected chi connectivity index (χ2v) is 5.45. The van der Waals surface area contributed by atoms with Gasteiger partial charge in [-0.05, 0) is 37.9 Å². The third-order valence-corrected chi connectivity index (χ3v) is 3.94. The maximum absolute atomic E-state index is 12.4. The number of nitrogens with zero attached hydrogens (tertiary/aromatic N) is 1. The van der Waals surface area contributed by atoms with Gasteiger partial charge in [-0.25, -0.2) is 0 Å². The average Bonchev–Trinajstić information content (AvgIpc) is 2.49. The third kappa shape index (κ3) is 4.66. The molecule has 22 heavy (non-hydrogen) atoms. The highest BCUT2D eigenvalue weighted by Crippen LogP contribution is 2.26. The zero-order chi connectivity index (χ0) is 15.9. The molecule has 122 valence electrons. The van der Waals surface area contributed by atoms with E-state index in [4.69, 9.17) is 0 Å². The summed E-state index contributed by atoms with van der Waals surface area (Å²) in [5.74, 6) is -0.220. The average molecular weight is 312 g/mol. The lowest BCUT2D eigenvalue weighted by Crippen LogP contribution is -2.43. The minimum absolute atomic E-state index is 0.0171. The third-order valence-electron chi connectivity index (χ3n) is 3.94. The molecule has 1 saturated heterocycles. The van der Waals surface area contributed by atoms with Crippen LogP contribution in [0.3, 0.4) is 0 Å². The predicted octanol–water partition coefficient (Wildman–Crippen LogP) is 3.49. The highest BCUT2D eigenvalue weighted by atomic mass is 19.3. The Morgan fingerprint density at radius 3 is 2.91 bits per heavy atom. The molecule has 1 N–H and O–H groups in total. The normalized spacial score (nSPS) is 19.2. The Balaban J connectivity index is 1.97. The highest BCUT2D eigenvalue weighted by Gasteiger charge is 2.23. The van der Waals surface area contributed by atoms with Crippen molar-refractivity contribution in [3.05, 3.63) is 24.3 Å². The van der Waals surface area contributed by atoms with Gasteiger partial charge in [0.25, 0.3) is 0 Å². The Morgan fingerprint density at radius 2 is 2.18 bits per heavy atom. The van der Waals surface area contributed by atoms with Gasteiger partial charge in [0.2, 0.25) is 5.91 Å². The van der Waals surface area contributed by atoms with Crippen LogP contribution in [0.15, 0.2) is 24.3 Å². The van der Waals surface area contributed by atoms with E-state index in [-0.39, 0.29) is 23.9 Å². The van der Waals surface area contributed by atoms with Gasteiger partial charge in [0, 0.05) is 6.04 Å². The summed E-state index contributed by atoms with van der Waals surface area (Å²) in [4.78, 5) is 14.3. The van der Waals surface area contributed by atoms with Gasteiger partial charge in [0.05, 0.1) is 12.2 Å². The molecule has 1 atom stereocenters. The number of amides is 1. The number of ether oxygens (including phenoxy) is 1. The maximum Gasteiger partial charge on any atom is 0.387 e. The molecule has 1 aliphatic heterocycles. The molecule has 1 unspecified atom stereocenters. The topological polar surface area (TPSA) is 41.6 Å². The number of hydrogen-bond donors (Lipinski definition) is 1. The molecule has 4 nitrogen and oxygen atoms in total. The van der Waals surface area contributed by atoms with Gasteiger partial charge in [-0.2, -0.15) is 8.78 Å². The van der Waals surface area contributed by atoms with Crippen LogP contribution in [-0.4, -0.2) is 36.5 Å². The molecule has 0 aromatic heterocycles. The van der Waals surface area contributed by atoms with E-state index in [0.717, 1.165) is 25.8 Å². The van der Waals surface area contributed by atoms with E-state index in [2.05, 4.69) is 21.9 Å². The number of hydrogen-bond acceptors (Lipinski definition) is 3. The molecule has 1 aromatic carbocycles. The number of piperidine rings is 1. The van der Waals surface area contributed by atoms with Gasteiger partial charge in [-0.1, -0.05) is 25.5 Å². The molecular formula is C16H22F2N2O2. The van der Waals surface area contributed by atoms with Crippen molar-refractivity contribution in [2.75, 3.05) is 18.4 Å². The molecule has 1 amide bonds. The molecule has 0 aliphatic carbocycles. The van der Waals surface area contributed by atoms with Gasteiger partial charge in [0.15, 0.2) is 0 Å². The van der Waals surface area contributed by atoms with E-state index in [1.807, 2.05) is 0 Å². The zero-order valence-electron chi connectivity index (χ0n) is 12.7. The molecule has 6 heteroatoms. The highest BCUT2D eigenvalue weighted by molar-refractivity contribution is 5.93. The molecular weight excluding hydrogens is 290 g/mol. The van der Waals surface area contributed by atoms with Crippen molar-refractivity contribution in [3.8, 4) is 5.75 Å². The van der Waals surface area contributed by atoms with Gasteiger partial charge in [0.1, 0.15) is 5.75 Å². The van der Waals surface area contributed by atoms with Crippen molar-refractivity contribution < 1.29 is 18.3 Å². The van der Waals surface area contributed by atoms with E-state index in [9.17, 15) is 13.6 Å². The molecule has 1 aromatic rings. The van der Waals surface area contributed by atoms with E-state index in [1.165, 1.54) is 12.5 Å². The van der Waals surface area contributed by atoms with Crippen LogP contribution in [0, 0.1) is 0 Å². The van der Waals surface area contributed by atoms with Crippen molar-refractivity contribution in [1.29, 1.82) is 0 Å². The van der Waals surface area contributed by atoms with Crippen LogP contribution in [0.5, 0.6) is 5.75 Å². The van der Waals surface area contributed by atoms with Crippen molar-refractivity contribution >= 4 is 11.6 Å². The van der Waals surface area contributed by atoms with Gasteiger partial charge in [-0.15, -0.1) is 0 Å². The number of likely N-dealkylation sites (tertiary alicyclic amines) is 1. The lowest BCUT2D eigenvalue weighted by molar-refractivity contribution is -0.118. The van der Waals surface area contributed by atoms with Crippen LogP contribution >= 0.6 is 0 Å². The van der Waals surface area contributed by atoms with E-state index in [0.29, 0.717) is 6.04 Å². The minimum Gasteiger partial charge on any atom is -0.433 e. The summed E-state index contributed by atoms with van der Waals surface area (Å²) in [7, 11) is 0. The summed E-state index contributed by atoms with van der Waals surface area (Å²) in [6, 6.07) is 6.65. The lowest BCUT2D eigenvalue weighted by Gasteiger charge is -2.34. The molecule has 1 fully saturated rings. The van der Waals surface area contributed by atoms with Crippen molar-refractivity contribution in [1.82, 2.24) is 4.90 Å². The minimum atomic E-state index is -2.91. The number of rotatable bonds is 6. The predicted molar refractivity (Wildman–Crippen MR) is 81.2 cm³/mol. The Bertz CT molecular complexity index is 497. The number of nitrogens with one attached hydrogen (secondary N) is 1. The number of carbonyl (C=O) groups excluding carboxylic acids is 1. The van der Waals surface area contributed by atoms with Gasteiger partial charge >= 0.3 is 6.61 Å². The van der Waals surface area contributed by atoms with Crippen LogP contribution in [0.25, 0.3) is 0 Å². The molecule has 1 heterocycles. The SMILES string of the molecule is CCC1CCCCN1CC(=O)Nc1ccccc1OC(F)F. The number of anilines is 1. The van der Waals surface area contributed by atoms with Crippen molar-refractivity contribution in [2.45, 2.75) is 45.3 Å². The lowest BCUT2D eigenvalue weighted by atomic mass is 10.00. The number of para-hydroxylation sites is 2. The smallest absolute Gasteiger partial charge is 0.387 e. The second-order valence-electron chi connectivity index (χ2n) is 5.45. The summed E-state index contributed by atoms with van der Waals surface area (Å²) in [5.41, 5.74) is 0.276. The monoisotopic (exact) mass is 312 g/mol. The Morgan fingerprint density at radius 1 is 1.41 bits per heavy atom. The Labute approximate surface area is 129 Å². The standard InChI is InChI=1S/C16H22F2N2O2/c1-2-12-7-5-6-10-20(12)11-15(21)19-13-8-3-4-9-14(13)22-16(17)18/h3-4,8-9,12,16H,2,5-7,10-11H2,1H3,(H,19,21). The van der Waals surface area contributed by atoms with Crippen LogP contribution < -0.4 is 10.1 Å². The van der Waals surface area contributed by atoms with Crippen LogP contribution in [0.2, 0.25) is 0 Å². The Kier molecular flexibility index (Phi) is 6.12. The van der Waals surface area contributed by atoms with Crippen LogP contribution in [0.1, 0.15) is 32.6 Å². The number of carbonyl (C=O) groups is 1. The van der Waals surface area contributed by atoms with Crippen LogP contribution in [0.4, 0.5) is 14.5 Å². The first-order valence-electron chi connectivity index (χ1n) is 7.68. The zero-order valence-corrected chi connectivity index (χ0v) is 12.7. The molecule has 0 saturated carbocycles. The molecule has 0 radical (unpaired) electrons. The summed E-state index contributed by atoms with van der Waals surface area (Å²) in [5, 5.41) is 2.67. The maximum atomic E-state index is 12.4.